The smallest absolute Gasteiger partial charge is 0.146 e. The predicted molar refractivity (Wildman–Crippen MR) is 83.4 cm³/mol. The van der Waals surface area contributed by atoms with E-state index in [1.165, 1.54) is 6.07 Å². The lowest BCUT2D eigenvalue weighted by Crippen LogP contribution is -1.96. The molecular weight excluding hydrogens is 275 g/mol. The average Bonchev–Trinajstić information content (AvgIpc) is 2.41. The lowest BCUT2D eigenvalue weighted by atomic mass is 10.1. The Hall–Kier alpha value is -2.13. The van der Waals surface area contributed by atoms with Gasteiger partial charge in [0.05, 0.1) is 11.2 Å². The highest BCUT2D eigenvalue weighted by atomic mass is 35.5. The molecular formula is C16H14ClFN2. The van der Waals surface area contributed by atoms with Crippen molar-refractivity contribution in [2.75, 3.05) is 5.32 Å². The first-order valence-electron chi connectivity index (χ1n) is 6.12. The molecule has 0 saturated heterocycles. The second kappa shape index (κ2) is 5.88. The number of nitrogens with one attached hydrogen (secondary N) is 1. The number of fused-ring (bicyclic) bond motifs is 1. The van der Waals surface area contributed by atoms with Crippen molar-refractivity contribution in [1.82, 2.24) is 4.98 Å². The standard InChI is InChI=1S/C16H13FN2.ClH/c1-11-10-16(12-6-2-4-8-14(12)18-11)19-15-9-5-3-7-13(15)17;/h2-10H,1H3,(H,18,19);1H. The zero-order valence-electron chi connectivity index (χ0n) is 10.9. The molecule has 1 heterocycles. The molecule has 0 aliphatic rings. The monoisotopic (exact) mass is 288 g/mol. The van der Waals surface area contributed by atoms with Crippen LogP contribution in [0.2, 0.25) is 0 Å². The lowest BCUT2D eigenvalue weighted by molar-refractivity contribution is 0.632. The molecule has 3 rings (SSSR count). The predicted octanol–water partition coefficient (Wildman–Crippen LogP) is 4.85. The Morgan fingerprint density at radius 1 is 0.950 bits per heavy atom. The molecule has 0 aliphatic carbocycles. The molecule has 0 amide bonds. The zero-order valence-corrected chi connectivity index (χ0v) is 11.7. The number of anilines is 2. The number of hydrogen-bond donors (Lipinski definition) is 1. The summed E-state index contributed by atoms with van der Waals surface area (Å²) in [5, 5.41) is 4.12. The van der Waals surface area contributed by atoms with Gasteiger partial charge in [-0.1, -0.05) is 30.3 Å². The van der Waals surface area contributed by atoms with Crippen LogP contribution in [-0.4, -0.2) is 4.98 Å². The minimum absolute atomic E-state index is 0. The first kappa shape index (κ1) is 14.3. The lowest BCUT2D eigenvalue weighted by Gasteiger charge is -2.11. The highest BCUT2D eigenvalue weighted by Crippen LogP contribution is 2.27. The molecule has 0 saturated carbocycles. The Morgan fingerprint density at radius 3 is 2.45 bits per heavy atom. The van der Waals surface area contributed by atoms with E-state index in [1.54, 1.807) is 12.1 Å². The van der Waals surface area contributed by atoms with Crippen LogP contribution in [0, 0.1) is 12.7 Å². The van der Waals surface area contributed by atoms with E-state index < -0.39 is 0 Å². The fourth-order valence-corrected chi connectivity index (χ4v) is 2.12. The Kier molecular flexibility index (Phi) is 4.20. The molecule has 0 unspecified atom stereocenters. The van der Waals surface area contributed by atoms with Crippen LogP contribution in [0.4, 0.5) is 15.8 Å². The van der Waals surface area contributed by atoms with Crippen LogP contribution in [0.1, 0.15) is 5.69 Å². The Morgan fingerprint density at radius 2 is 1.65 bits per heavy atom. The summed E-state index contributed by atoms with van der Waals surface area (Å²) in [5.41, 5.74) is 3.14. The summed E-state index contributed by atoms with van der Waals surface area (Å²) in [6.07, 6.45) is 0. The summed E-state index contributed by atoms with van der Waals surface area (Å²) >= 11 is 0. The second-order valence-corrected chi connectivity index (χ2v) is 4.43. The number of hydrogen-bond acceptors (Lipinski definition) is 2. The molecule has 0 atom stereocenters. The second-order valence-electron chi connectivity index (χ2n) is 4.43. The molecule has 1 aromatic heterocycles. The van der Waals surface area contributed by atoms with Gasteiger partial charge >= 0.3 is 0 Å². The molecule has 4 heteroatoms. The molecule has 0 bridgehead atoms. The molecule has 0 fully saturated rings. The van der Waals surface area contributed by atoms with Crippen LogP contribution in [-0.2, 0) is 0 Å². The van der Waals surface area contributed by atoms with Gasteiger partial charge in [-0.25, -0.2) is 4.39 Å². The third-order valence-electron chi connectivity index (χ3n) is 2.99. The molecule has 0 aliphatic heterocycles. The van der Waals surface area contributed by atoms with Crippen LogP contribution in [0.5, 0.6) is 0 Å². The number of aryl methyl sites for hydroxylation is 1. The molecule has 20 heavy (non-hydrogen) atoms. The molecule has 1 N–H and O–H groups in total. The Labute approximate surface area is 123 Å². The quantitative estimate of drug-likeness (QED) is 0.729. The van der Waals surface area contributed by atoms with Crippen LogP contribution in [0.15, 0.2) is 54.6 Å². The fraction of sp³-hybridized carbons (Fsp3) is 0.0625. The van der Waals surface area contributed by atoms with Crippen LogP contribution in [0.25, 0.3) is 10.9 Å². The summed E-state index contributed by atoms with van der Waals surface area (Å²) < 4.78 is 13.7. The van der Waals surface area contributed by atoms with Gasteiger partial charge in [0.25, 0.3) is 0 Å². The maximum atomic E-state index is 13.7. The van der Waals surface area contributed by atoms with Crippen molar-refractivity contribution in [2.24, 2.45) is 0 Å². The minimum atomic E-state index is -0.263. The number of para-hydroxylation sites is 2. The van der Waals surface area contributed by atoms with E-state index in [0.29, 0.717) is 5.69 Å². The number of rotatable bonds is 2. The van der Waals surface area contributed by atoms with Gasteiger partial charge < -0.3 is 5.32 Å². The van der Waals surface area contributed by atoms with Crippen molar-refractivity contribution in [1.29, 1.82) is 0 Å². The van der Waals surface area contributed by atoms with Crippen molar-refractivity contribution in [3.05, 3.63) is 66.1 Å². The third kappa shape index (κ3) is 2.73. The SMILES string of the molecule is Cc1cc(Nc2ccccc2F)c2ccccc2n1.Cl. The highest BCUT2D eigenvalue weighted by molar-refractivity contribution is 5.93. The van der Waals surface area contributed by atoms with E-state index in [-0.39, 0.29) is 18.2 Å². The number of halogens is 2. The Balaban J connectivity index is 0.00000147. The number of pyridine rings is 1. The molecule has 2 aromatic carbocycles. The van der Waals surface area contributed by atoms with Gasteiger partial charge in [0, 0.05) is 16.8 Å². The van der Waals surface area contributed by atoms with Gasteiger partial charge in [0.2, 0.25) is 0 Å². The van der Waals surface area contributed by atoms with E-state index in [1.807, 2.05) is 43.3 Å². The number of aromatic nitrogens is 1. The third-order valence-corrected chi connectivity index (χ3v) is 2.99. The molecule has 3 aromatic rings. The van der Waals surface area contributed by atoms with Crippen molar-refractivity contribution >= 4 is 34.7 Å². The van der Waals surface area contributed by atoms with Crippen molar-refractivity contribution < 1.29 is 4.39 Å². The van der Waals surface area contributed by atoms with Crippen molar-refractivity contribution in [2.45, 2.75) is 6.92 Å². The molecule has 2 nitrogen and oxygen atoms in total. The van der Waals surface area contributed by atoms with E-state index in [0.717, 1.165) is 22.3 Å². The van der Waals surface area contributed by atoms with Crippen molar-refractivity contribution in [3.8, 4) is 0 Å². The topological polar surface area (TPSA) is 24.9 Å². The van der Waals surface area contributed by atoms with Gasteiger partial charge in [0.1, 0.15) is 5.82 Å². The van der Waals surface area contributed by atoms with Crippen LogP contribution >= 0.6 is 12.4 Å². The average molecular weight is 289 g/mol. The Bertz CT molecular complexity index is 743. The van der Waals surface area contributed by atoms with E-state index in [9.17, 15) is 4.39 Å². The molecule has 0 spiro atoms. The minimum Gasteiger partial charge on any atom is -0.353 e. The number of nitrogens with zero attached hydrogens (tertiary/aromatic N) is 1. The summed E-state index contributed by atoms with van der Waals surface area (Å²) in [4.78, 5) is 4.47. The van der Waals surface area contributed by atoms with Gasteiger partial charge in [-0.15, -0.1) is 12.4 Å². The maximum Gasteiger partial charge on any atom is 0.146 e. The van der Waals surface area contributed by atoms with Gasteiger partial charge in [-0.2, -0.15) is 0 Å². The fourth-order valence-electron chi connectivity index (χ4n) is 2.12. The van der Waals surface area contributed by atoms with Gasteiger partial charge in [-0.05, 0) is 31.2 Å². The first-order chi connectivity index (χ1) is 9.24. The molecule has 0 radical (unpaired) electrons. The number of benzene rings is 2. The van der Waals surface area contributed by atoms with E-state index in [2.05, 4.69) is 10.3 Å². The van der Waals surface area contributed by atoms with E-state index >= 15 is 0 Å². The highest BCUT2D eigenvalue weighted by Gasteiger charge is 2.06. The summed E-state index contributed by atoms with van der Waals surface area (Å²) in [6, 6.07) is 16.4. The summed E-state index contributed by atoms with van der Waals surface area (Å²) in [6.45, 7) is 1.93. The van der Waals surface area contributed by atoms with Gasteiger partial charge in [-0.3, -0.25) is 4.98 Å². The van der Waals surface area contributed by atoms with Crippen LogP contribution < -0.4 is 5.32 Å². The zero-order chi connectivity index (χ0) is 13.2. The summed E-state index contributed by atoms with van der Waals surface area (Å²) in [7, 11) is 0. The van der Waals surface area contributed by atoms with Crippen LogP contribution in [0.3, 0.4) is 0 Å². The van der Waals surface area contributed by atoms with Gasteiger partial charge in [0.15, 0.2) is 0 Å². The summed E-state index contributed by atoms with van der Waals surface area (Å²) in [5.74, 6) is -0.263. The maximum absolute atomic E-state index is 13.7. The normalized spacial score (nSPS) is 10.1. The largest absolute Gasteiger partial charge is 0.353 e. The van der Waals surface area contributed by atoms with E-state index in [4.69, 9.17) is 0 Å². The first-order valence-corrected chi connectivity index (χ1v) is 6.12. The molecule has 102 valence electrons. The van der Waals surface area contributed by atoms with Crippen molar-refractivity contribution in [3.63, 3.8) is 0 Å².